The van der Waals surface area contributed by atoms with Crippen molar-refractivity contribution in [2.24, 2.45) is 5.73 Å². The van der Waals surface area contributed by atoms with Crippen LogP contribution in [0.3, 0.4) is 0 Å². The average Bonchev–Trinajstić information content (AvgIpc) is 2.30. The molecule has 7 nitrogen and oxygen atoms in total. The number of primary amides is 1. The van der Waals surface area contributed by atoms with Crippen LogP contribution in [0.2, 0.25) is 0 Å². The standard InChI is InChI=1S/C12H14N2O5/c1-6-3-4-7(2)10(12(17)18)9(6)11(16)14-19-5-8(13)15/h3-4H,5H2,1-2H3,(H2,13,15)(H,14,16)(H,17,18). The first-order valence-electron chi connectivity index (χ1n) is 5.38. The Kier molecular flexibility index (Phi) is 4.60. The molecule has 7 heteroatoms. The Morgan fingerprint density at radius 3 is 2.21 bits per heavy atom. The molecule has 102 valence electrons. The van der Waals surface area contributed by atoms with Crippen LogP contribution in [-0.2, 0) is 9.63 Å². The maximum Gasteiger partial charge on any atom is 0.336 e. The SMILES string of the molecule is Cc1ccc(C)c(C(=O)NOCC(N)=O)c1C(=O)O. The second-order valence-electron chi connectivity index (χ2n) is 3.94. The maximum absolute atomic E-state index is 11.9. The van der Waals surface area contributed by atoms with Gasteiger partial charge in [-0.15, -0.1) is 0 Å². The summed E-state index contributed by atoms with van der Waals surface area (Å²) in [6.07, 6.45) is 0. The van der Waals surface area contributed by atoms with E-state index in [1.165, 1.54) is 0 Å². The minimum atomic E-state index is -1.21. The topological polar surface area (TPSA) is 119 Å². The number of aromatic carboxylic acids is 1. The van der Waals surface area contributed by atoms with Crippen molar-refractivity contribution >= 4 is 17.8 Å². The largest absolute Gasteiger partial charge is 0.478 e. The van der Waals surface area contributed by atoms with Gasteiger partial charge in [0.1, 0.15) is 0 Å². The Balaban J connectivity index is 3.05. The van der Waals surface area contributed by atoms with Gasteiger partial charge < -0.3 is 10.8 Å². The van der Waals surface area contributed by atoms with Crippen molar-refractivity contribution in [1.29, 1.82) is 0 Å². The molecule has 0 saturated carbocycles. The van der Waals surface area contributed by atoms with Crippen LogP contribution < -0.4 is 11.2 Å². The summed E-state index contributed by atoms with van der Waals surface area (Å²) < 4.78 is 0. The lowest BCUT2D eigenvalue weighted by Gasteiger charge is -2.12. The third-order valence-electron chi connectivity index (χ3n) is 2.44. The number of hydrogen-bond acceptors (Lipinski definition) is 4. The maximum atomic E-state index is 11.9. The molecule has 0 heterocycles. The van der Waals surface area contributed by atoms with E-state index in [1.807, 2.05) is 5.48 Å². The zero-order chi connectivity index (χ0) is 14.6. The van der Waals surface area contributed by atoms with Crippen LogP contribution >= 0.6 is 0 Å². The zero-order valence-corrected chi connectivity index (χ0v) is 10.5. The summed E-state index contributed by atoms with van der Waals surface area (Å²) in [6, 6.07) is 3.24. The number of rotatable bonds is 5. The van der Waals surface area contributed by atoms with Crippen LogP contribution in [0.1, 0.15) is 31.8 Å². The molecule has 0 spiro atoms. The molecular formula is C12H14N2O5. The van der Waals surface area contributed by atoms with Gasteiger partial charge in [-0.2, -0.15) is 0 Å². The fourth-order valence-corrected chi connectivity index (χ4v) is 1.60. The molecule has 1 rings (SSSR count). The van der Waals surface area contributed by atoms with Crippen molar-refractivity contribution in [3.8, 4) is 0 Å². The van der Waals surface area contributed by atoms with Gasteiger partial charge in [0, 0.05) is 0 Å². The minimum absolute atomic E-state index is 0.00281. The number of hydroxylamine groups is 1. The molecule has 0 bridgehead atoms. The van der Waals surface area contributed by atoms with Crippen molar-refractivity contribution in [1.82, 2.24) is 5.48 Å². The average molecular weight is 266 g/mol. The van der Waals surface area contributed by atoms with Crippen LogP contribution in [0.4, 0.5) is 0 Å². The lowest BCUT2D eigenvalue weighted by molar-refractivity contribution is -0.124. The predicted molar refractivity (Wildman–Crippen MR) is 65.5 cm³/mol. The first-order chi connectivity index (χ1) is 8.84. The summed E-state index contributed by atoms with van der Waals surface area (Å²) in [6.45, 7) is 2.71. The lowest BCUT2D eigenvalue weighted by atomic mass is 9.97. The summed E-state index contributed by atoms with van der Waals surface area (Å²) in [5.74, 6) is -2.69. The zero-order valence-electron chi connectivity index (χ0n) is 10.5. The quantitative estimate of drug-likeness (QED) is 0.655. The van der Waals surface area contributed by atoms with E-state index >= 15 is 0 Å². The van der Waals surface area contributed by atoms with Crippen LogP contribution in [0.25, 0.3) is 0 Å². The number of hydrogen-bond donors (Lipinski definition) is 3. The number of benzene rings is 1. The number of nitrogens with one attached hydrogen (secondary N) is 1. The van der Waals surface area contributed by atoms with Crippen molar-refractivity contribution in [2.75, 3.05) is 6.61 Å². The van der Waals surface area contributed by atoms with Crippen LogP contribution in [0.5, 0.6) is 0 Å². The van der Waals surface area contributed by atoms with Crippen molar-refractivity contribution in [2.45, 2.75) is 13.8 Å². The molecule has 0 aliphatic heterocycles. The number of carbonyl (C=O) groups excluding carboxylic acids is 2. The number of carboxylic acid groups (broad SMARTS) is 1. The summed E-state index contributed by atoms with van der Waals surface area (Å²) in [5, 5.41) is 9.14. The Morgan fingerprint density at radius 1 is 1.21 bits per heavy atom. The Hall–Kier alpha value is -2.41. The lowest BCUT2D eigenvalue weighted by Crippen LogP contribution is -2.31. The van der Waals surface area contributed by atoms with E-state index in [-0.39, 0.29) is 11.1 Å². The minimum Gasteiger partial charge on any atom is -0.478 e. The third-order valence-corrected chi connectivity index (χ3v) is 2.44. The van der Waals surface area contributed by atoms with Gasteiger partial charge in [-0.3, -0.25) is 14.4 Å². The number of amides is 2. The first kappa shape index (κ1) is 14.7. The third kappa shape index (κ3) is 3.52. The van der Waals surface area contributed by atoms with Crippen LogP contribution in [0.15, 0.2) is 12.1 Å². The van der Waals surface area contributed by atoms with Gasteiger partial charge in [0.05, 0.1) is 11.1 Å². The van der Waals surface area contributed by atoms with Crippen molar-refractivity contribution in [3.63, 3.8) is 0 Å². The van der Waals surface area contributed by atoms with Gasteiger partial charge in [0.2, 0.25) is 5.91 Å². The van der Waals surface area contributed by atoms with Crippen molar-refractivity contribution in [3.05, 3.63) is 34.4 Å². The summed E-state index contributed by atoms with van der Waals surface area (Å²) in [7, 11) is 0. The molecule has 2 amide bonds. The molecule has 0 saturated heterocycles. The highest BCUT2D eigenvalue weighted by atomic mass is 16.7. The van der Waals surface area contributed by atoms with Crippen molar-refractivity contribution < 1.29 is 24.3 Å². The van der Waals surface area contributed by atoms with E-state index in [1.54, 1.807) is 26.0 Å². The second-order valence-corrected chi connectivity index (χ2v) is 3.94. The summed E-state index contributed by atoms with van der Waals surface area (Å²) in [5.41, 5.74) is 7.68. The highest BCUT2D eigenvalue weighted by Gasteiger charge is 2.21. The van der Waals surface area contributed by atoms with Gasteiger partial charge in [-0.05, 0) is 25.0 Å². The fraction of sp³-hybridized carbons (Fsp3) is 0.250. The van der Waals surface area contributed by atoms with E-state index in [0.29, 0.717) is 11.1 Å². The summed E-state index contributed by atoms with van der Waals surface area (Å²) >= 11 is 0. The molecule has 0 aromatic heterocycles. The van der Waals surface area contributed by atoms with Gasteiger partial charge in [0.15, 0.2) is 6.61 Å². The van der Waals surface area contributed by atoms with Gasteiger partial charge in [0.25, 0.3) is 5.91 Å². The monoisotopic (exact) mass is 266 g/mol. The van der Waals surface area contributed by atoms with Gasteiger partial charge in [-0.1, -0.05) is 12.1 Å². The summed E-state index contributed by atoms with van der Waals surface area (Å²) in [4.78, 5) is 38.1. The molecule has 0 fully saturated rings. The Bertz CT molecular complexity index is 539. The number of nitrogens with two attached hydrogens (primary N) is 1. The molecule has 0 radical (unpaired) electrons. The van der Waals surface area contributed by atoms with Crippen LogP contribution in [-0.4, -0.2) is 29.5 Å². The normalized spacial score (nSPS) is 10.0. The number of carboxylic acids is 1. The molecule has 0 atom stereocenters. The smallest absolute Gasteiger partial charge is 0.336 e. The Labute approximate surface area is 109 Å². The highest BCUT2D eigenvalue weighted by molar-refractivity contribution is 6.06. The van der Waals surface area contributed by atoms with Crippen LogP contribution in [0, 0.1) is 13.8 Å². The highest BCUT2D eigenvalue weighted by Crippen LogP contribution is 2.18. The number of aryl methyl sites for hydroxylation is 2. The second kappa shape index (κ2) is 5.96. The molecular weight excluding hydrogens is 252 g/mol. The fourth-order valence-electron chi connectivity index (χ4n) is 1.60. The first-order valence-corrected chi connectivity index (χ1v) is 5.38. The Morgan fingerprint density at radius 2 is 1.74 bits per heavy atom. The van der Waals surface area contributed by atoms with Gasteiger partial charge in [-0.25, -0.2) is 10.3 Å². The predicted octanol–water partition coefficient (Wildman–Crippen LogP) is 0.148. The molecule has 0 unspecified atom stereocenters. The van der Waals surface area contributed by atoms with E-state index < -0.39 is 24.4 Å². The van der Waals surface area contributed by atoms with E-state index in [2.05, 4.69) is 4.84 Å². The van der Waals surface area contributed by atoms with E-state index in [4.69, 9.17) is 10.8 Å². The molecule has 1 aromatic rings. The molecule has 0 aliphatic carbocycles. The van der Waals surface area contributed by atoms with E-state index in [9.17, 15) is 14.4 Å². The molecule has 19 heavy (non-hydrogen) atoms. The number of carbonyl (C=O) groups is 3. The molecule has 4 N–H and O–H groups in total. The molecule has 1 aromatic carbocycles. The van der Waals surface area contributed by atoms with Gasteiger partial charge >= 0.3 is 5.97 Å². The molecule has 0 aliphatic rings. The van der Waals surface area contributed by atoms with E-state index in [0.717, 1.165) is 0 Å².